The van der Waals surface area contributed by atoms with Gasteiger partial charge in [0.25, 0.3) is 5.91 Å². The summed E-state index contributed by atoms with van der Waals surface area (Å²) < 4.78 is 0. The van der Waals surface area contributed by atoms with E-state index in [9.17, 15) is 9.59 Å². The Hall–Kier alpha value is -4.29. The fourth-order valence-electron chi connectivity index (χ4n) is 3.72. The van der Waals surface area contributed by atoms with Crippen molar-refractivity contribution in [2.75, 3.05) is 5.32 Å². The quantitative estimate of drug-likeness (QED) is 0.316. The molecule has 4 aromatic rings. The van der Waals surface area contributed by atoms with Crippen LogP contribution in [0.5, 0.6) is 0 Å². The normalized spacial score (nSPS) is 10.4. The second-order valence-electron chi connectivity index (χ2n) is 7.94. The molecule has 174 valence electrons. The Morgan fingerprint density at radius 2 is 1.20 bits per heavy atom. The van der Waals surface area contributed by atoms with Crippen molar-refractivity contribution >= 4 is 34.8 Å². The Labute approximate surface area is 210 Å². The minimum absolute atomic E-state index is 0.162. The largest absolute Gasteiger partial charge is 0.348 e. The van der Waals surface area contributed by atoms with Crippen LogP contribution in [0.25, 0.3) is 0 Å². The van der Waals surface area contributed by atoms with Crippen molar-refractivity contribution in [1.29, 1.82) is 0 Å². The zero-order valence-corrected chi connectivity index (χ0v) is 19.8. The molecule has 0 aliphatic rings. The number of rotatable bonds is 7. The Kier molecular flexibility index (Phi) is 7.99. The second kappa shape index (κ2) is 11.7. The Morgan fingerprint density at radius 3 is 1.74 bits per heavy atom. The Bertz CT molecular complexity index is 1240. The summed E-state index contributed by atoms with van der Waals surface area (Å²) in [5, 5.41) is 8.92. The van der Waals surface area contributed by atoms with Gasteiger partial charge in [-0.05, 0) is 53.2 Å². The lowest BCUT2D eigenvalue weighted by molar-refractivity contribution is -0.120. The molecule has 6 heteroatoms. The number of carbonyl (C=O) groups is 2. The summed E-state index contributed by atoms with van der Waals surface area (Å²) in [6, 6.07) is 35.8. The molecule has 0 bridgehead atoms. The molecule has 2 amide bonds. The summed E-state index contributed by atoms with van der Waals surface area (Å²) >= 11 is 5.39. The molecule has 0 heterocycles. The molecule has 35 heavy (non-hydrogen) atoms. The van der Waals surface area contributed by atoms with Crippen LogP contribution in [0.3, 0.4) is 0 Å². The number of hydrogen-bond acceptors (Lipinski definition) is 3. The second-order valence-corrected chi connectivity index (χ2v) is 8.35. The molecule has 0 aromatic heterocycles. The minimum Gasteiger partial charge on any atom is -0.348 e. The average molecular weight is 480 g/mol. The van der Waals surface area contributed by atoms with Crippen LogP contribution in [0.2, 0.25) is 0 Å². The van der Waals surface area contributed by atoms with Gasteiger partial charge in [0.1, 0.15) is 0 Å². The van der Waals surface area contributed by atoms with Gasteiger partial charge in [-0.3, -0.25) is 9.59 Å². The number of anilines is 1. The highest BCUT2D eigenvalue weighted by atomic mass is 32.1. The summed E-state index contributed by atoms with van der Waals surface area (Å²) in [4.78, 5) is 25.6. The summed E-state index contributed by atoms with van der Waals surface area (Å²) in [5.74, 6) is -0.880. The van der Waals surface area contributed by atoms with E-state index in [0.717, 1.165) is 16.7 Å². The lowest BCUT2D eigenvalue weighted by atomic mass is 9.90. The van der Waals surface area contributed by atoms with E-state index in [1.54, 1.807) is 24.3 Å². The van der Waals surface area contributed by atoms with E-state index in [4.69, 9.17) is 12.2 Å². The van der Waals surface area contributed by atoms with E-state index >= 15 is 0 Å². The molecule has 0 unspecified atom stereocenters. The number of carbonyl (C=O) groups excluding carboxylic acids is 2. The zero-order chi connectivity index (χ0) is 24.5. The molecule has 4 aromatic carbocycles. The van der Waals surface area contributed by atoms with Gasteiger partial charge in [0, 0.05) is 17.8 Å². The maximum atomic E-state index is 13.2. The van der Waals surface area contributed by atoms with Gasteiger partial charge in [-0.15, -0.1) is 0 Å². The molecule has 0 atom stereocenters. The highest BCUT2D eigenvalue weighted by molar-refractivity contribution is 7.80. The molecule has 3 N–H and O–H groups in total. The predicted molar refractivity (Wildman–Crippen MR) is 143 cm³/mol. The van der Waals surface area contributed by atoms with Gasteiger partial charge in [0.15, 0.2) is 5.11 Å². The van der Waals surface area contributed by atoms with Crippen molar-refractivity contribution in [3.05, 3.63) is 138 Å². The SMILES string of the molecule is O=C(NCc1ccccc1)c1ccc(NC(=S)NC(=O)C(c2ccccc2)c2ccccc2)cc1. The van der Waals surface area contributed by atoms with Crippen LogP contribution >= 0.6 is 12.2 Å². The van der Waals surface area contributed by atoms with Gasteiger partial charge in [0.05, 0.1) is 5.92 Å². The van der Waals surface area contributed by atoms with Crippen molar-refractivity contribution in [3.8, 4) is 0 Å². The number of thiocarbonyl (C=S) groups is 1. The third-order valence-electron chi connectivity index (χ3n) is 5.47. The maximum Gasteiger partial charge on any atom is 0.251 e. The molecule has 0 aliphatic carbocycles. The van der Waals surface area contributed by atoms with Crippen LogP contribution in [0.15, 0.2) is 115 Å². The van der Waals surface area contributed by atoms with Gasteiger partial charge in [-0.25, -0.2) is 0 Å². The van der Waals surface area contributed by atoms with Crippen LogP contribution < -0.4 is 16.0 Å². The molecule has 0 saturated heterocycles. The molecule has 0 fully saturated rings. The Morgan fingerprint density at radius 1 is 0.686 bits per heavy atom. The lowest BCUT2D eigenvalue weighted by Crippen LogP contribution is -2.37. The molecule has 0 spiro atoms. The molecular weight excluding hydrogens is 454 g/mol. The first-order valence-electron chi connectivity index (χ1n) is 11.2. The fourth-order valence-corrected chi connectivity index (χ4v) is 3.94. The van der Waals surface area contributed by atoms with E-state index < -0.39 is 5.92 Å². The monoisotopic (exact) mass is 479 g/mol. The molecule has 0 saturated carbocycles. The molecule has 0 radical (unpaired) electrons. The standard InChI is InChI=1S/C29H25N3O2S/c33-27(30-20-21-10-4-1-5-11-21)24-16-18-25(19-17-24)31-29(35)32-28(34)26(22-12-6-2-7-13-22)23-14-8-3-9-15-23/h1-19,26H,20H2,(H,30,33)(H2,31,32,34,35). The third kappa shape index (κ3) is 6.62. The van der Waals surface area contributed by atoms with Crippen molar-refractivity contribution in [3.63, 3.8) is 0 Å². The average Bonchev–Trinajstić information content (AvgIpc) is 2.89. The third-order valence-corrected chi connectivity index (χ3v) is 5.67. The Balaban J connectivity index is 1.36. The van der Waals surface area contributed by atoms with Crippen molar-refractivity contribution in [1.82, 2.24) is 10.6 Å². The number of nitrogens with one attached hydrogen (secondary N) is 3. The number of benzene rings is 4. The first-order chi connectivity index (χ1) is 17.1. The highest BCUT2D eigenvalue weighted by Crippen LogP contribution is 2.24. The van der Waals surface area contributed by atoms with E-state index in [0.29, 0.717) is 17.8 Å². The van der Waals surface area contributed by atoms with Crippen molar-refractivity contribution < 1.29 is 9.59 Å². The van der Waals surface area contributed by atoms with Gasteiger partial charge in [-0.1, -0.05) is 91.0 Å². The van der Waals surface area contributed by atoms with Crippen LogP contribution in [-0.2, 0) is 11.3 Å². The first kappa shape index (κ1) is 23.9. The lowest BCUT2D eigenvalue weighted by Gasteiger charge is -2.18. The van der Waals surface area contributed by atoms with E-state index in [1.165, 1.54) is 0 Å². The van der Waals surface area contributed by atoms with Crippen LogP contribution in [0, 0.1) is 0 Å². The topological polar surface area (TPSA) is 70.2 Å². The summed E-state index contributed by atoms with van der Waals surface area (Å²) in [5.41, 5.74) is 4.00. The van der Waals surface area contributed by atoms with Crippen LogP contribution in [0.1, 0.15) is 33.0 Å². The predicted octanol–water partition coefficient (Wildman–Crippen LogP) is 5.26. The fraction of sp³-hybridized carbons (Fsp3) is 0.0690. The minimum atomic E-state index is -0.493. The number of hydrogen-bond donors (Lipinski definition) is 3. The smallest absolute Gasteiger partial charge is 0.251 e. The highest BCUT2D eigenvalue weighted by Gasteiger charge is 2.23. The molecule has 5 nitrogen and oxygen atoms in total. The van der Waals surface area contributed by atoms with Gasteiger partial charge in [-0.2, -0.15) is 0 Å². The van der Waals surface area contributed by atoms with Crippen LogP contribution in [0.4, 0.5) is 5.69 Å². The zero-order valence-electron chi connectivity index (χ0n) is 19.0. The summed E-state index contributed by atoms with van der Waals surface area (Å²) in [7, 11) is 0. The number of amides is 2. The van der Waals surface area contributed by atoms with Crippen molar-refractivity contribution in [2.45, 2.75) is 12.5 Å². The molecular formula is C29H25N3O2S. The van der Waals surface area contributed by atoms with Crippen molar-refractivity contribution in [2.24, 2.45) is 0 Å². The molecule has 4 rings (SSSR count). The van der Waals surface area contributed by atoms with E-state index in [-0.39, 0.29) is 16.9 Å². The van der Waals surface area contributed by atoms with Gasteiger partial charge in [0.2, 0.25) is 5.91 Å². The van der Waals surface area contributed by atoms with Gasteiger partial charge < -0.3 is 16.0 Å². The summed E-state index contributed by atoms with van der Waals surface area (Å²) in [6.07, 6.45) is 0. The molecule has 0 aliphatic heterocycles. The van der Waals surface area contributed by atoms with E-state index in [2.05, 4.69) is 16.0 Å². The summed E-state index contributed by atoms with van der Waals surface area (Å²) in [6.45, 7) is 0.458. The first-order valence-corrected chi connectivity index (χ1v) is 11.6. The van der Waals surface area contributed by atoms with Crippen LogP contribution in [-0.4, -0.2) is 16.9 Å². The van der Waals surface area contributed by atoms with E-state index in [1.807, 2.05) is 91.0 Å². The van der Waals surface area contributed by atoms with Gasteiger partial charge >= 0.3 is 0 Å². The maximum absolute atomic E-state index is 13.2.